The maximum atomic E-state index is 14.6. The van der Waals surface area contributed by atoms with E-state index < -0.39 is 17.7 Å². The Morgan fingerprint density at radius 1 is 1.27 bits per heavy atom. The molecular weight excluding hydrogens is 407 g/mol. The second-order valence-corrected chi connectivity index (χ2v) is 10.4. The maximum Gasteiger partial charge on any atom is 0.263 e. The van der Waals surface area contributed by atoms with Gasteiger partial charge in [-0.2, -0.15) is 16.8 Å². The summed E-state index contributed by atoms with van der Waals surface area (Å²) < 4.78 is 26.1. The molecule has 164 valence electrons. The predicted molar refractivity (Wildman–Crippen MR) is 115 cm³/mol. The number of allylic oxidation sites excluding steroid dienone is 2. The number of nitrogens with zero attached hydrogens (tertiary/aromatic N) is 2. The molecule has 2 heterocycles. The number of amides is 1. The van der Waals surface area contributed by atoms with E-state index in [1.807, 2.05) is 13.8 Å². The van der Waals surface area contributed by atoms with E-state index in [2.05, 4.69) is 9.98 Å². The number of rotatable bonds is 6. The van der Waals surface area contributed by atoms with Crippen molar-refractivity contribution in [3.05, 3.63) is 23.7 Å². The summed E-state index contributed by atoms with van der Waals surface area (Å²) in [6.07, 6.45) is 7.13. The van der Waals surface area contributed by atoms with Crippen LogP contribution in [0.2, 0.25) is 0 Å². The summed E-state index contributed by atoms with van der Waals surface area (Å²) in [5.41, 5.74) is 0.211. The molecule has 1 amide bonds. The molecule has 2 aliphatic heterocycles. The Bertz CT molecular complexity index is 812. The summed E-state index contributed by atoms with van der Waals surface area (Å²) in [5.74, 6) is -0.557. The summed E-state index contributed by atoms with van der Waals surface area (Å²) in [7, 11) is 0. The molecule has 0 bridgehead atoms. The first kappa shape index (κ1) is 21.7. The fourth-order valence-corrected chi connectivity index (χ4v) is 5.49. The van der Waals surface area contributed by atoms with Crippen molar-refractivity contribution in [1.29, 1.82) is 0 Å². The predicted octanol–water partition coefficient (Wildman–Crippen LogP) is 3.60. The van der Waals surface area contributed by atoms with Gasteiger partial charge in [-0.15, -0.1) is 0 Å². The summed E-state index contributed by atoms with van der Waals surface area (Å²) in [6, 6.07) is 0. The molecule has 4 rings (SSSR count). The first-order chi connectivity index (χ1) is 14.3. The van der Waals surface area contributed by atoms with E-state index in [1.165, 1.54) is 6.08 Å². The van der Waals surface area contributed by atoms with Crippen LogP contribution in [-0.4, -0.2) is 58.5 Å². The van der Waals surface area contributed by atoms with Crippen LogP contribution < -0.4 is 0 Å². The Labute approximate surface area is 180 Å². The number of fused-ring (bicyclic) bond motifs is 1. The largest absolute Gasteiger partial charge is 0.493 e. The number of halogens is 1. The lowest BCUT2D eigenvalue weighted by Crippen LogP contribution is -2.31. The van der Waals surface area contributed by atoms with Gasteiger partial charge < -0.3 is 14.6 Å². The molecule has 0 radical (unpaired) electrons. The zero-order valence-electron chi connectivity index (χ0n) is 17.5. The van der Waals surface area contributed by atoms with Crippen LogP contribution in [0.3, 0.4) is 0 Å². The van der Waals surface area contributed by atoms with Crippen molar-refractivity contribution < 1.29 is 23.8 Å². The standard InChI is InChI=1S/C22H29FN2O4S/c1-22(2)9-13(11-29-22)10-28-15-7-17(23)20-18(8-15)24-19(25-21(20)27)12-30-16-5-3-14(26)4-6-16/h7-8,13-14,16,20,26H,3-6,9-12H2,1-2H3. The minimum Gasteiger partial charge on any atom is -0.493 e. The van der Waals surface area contributed by atoms with Gasteiger partial charge in [0.1, 0.15) is 23.3 Å². The second kappa shape index (κ2) is 8.93. The van der Waals surface area contributed by atoms with Crippen molar-refractivity contribution in [2.24, 2.45) is 21.8 Å². The van der Waals surface area contributed by atoms with Gasteiger partial charge in [0.05, 0.1) is 36.4 Å². The van der Waals surface area contributed by atoms with E-state index in [-0.39, 0.29) is 17.6 Å². The quantitative estimate of drug-likeness (QED) is 0.688. The van der Waals surface area contributed by atoms with Crippen molar-refractivity contribution in [3.63, 3.8) is 0 Å². The molecule has 1 N–H and O–H groups in total. The van der Waals surface area contributed by atoms with Crippen LogP contribution in [-0.2, 0) is 14.3 Å². The van der Waals surface area contributed by atoms with E-state index in [0.29, 0.717) is 41.5 Å². The van der Waals surface area contributed by atoms with Crippen LogP contribution in [0.1, 0.15) is 46.0 Å². The average molecular weight is 437 g/mol. The zero-order chi connectivity index (χ0) is 21.3. The number of amidine groups is 1. The van der Waals surface area contributed by atoms with Crippen molar-refractivity contribution in [3.8, 4) is 0 Å². The number of hydrogen-bond donors (Lipinski definition) is 1. The fraction of sp³-hybridized carbons (Fsp3) is 0.682. The monoisotopic (exact) mass is 436 g/mol. The Kier molecular flexibility index (Phi) is 6.46. The number of thioether (sulfide) groups is 1. The molecule has 2 atom stereocenters. The molecule has 0 aromatic heterocycles. The normalized spacial score (nSPS) is 33.3. The smallest absolute Gasteiger partial charge is 0.263 e. The van der Waals surface area contributed by atoms with Gasteiger partial charge in [-0.05, 0) is 46.0 Å². The van der Waals surface area contributed by atoms with Crippen LogP contribution in [0.15, 0.2) is 33.7 Å². The molecule has 1 saturated carbocycles. The number of carbonyl (C=O) groups is 1. The number of hydrogen-bond acceptors (Lipinski definition) is 6. The van der Waals surface area contributed by atoms with Gasteiger partial charge in [-0.1, -0.05) is 0 Å². The highest BCUT2D eigenvalue weighted by Gasteiger charge is 2.36. The van der Waals surface area contributed by atoms with E-state index in [1.54, 1.807) is 17.8 Å². The molecule has 0 aromatic carbocycles. The third-order valence-electron chi connectivity index (χ3n) is 5.95. The lowest BCUT2D eigenvalue weighted by atomic mass is 9.94. The second-order valence-electron chi connectivity index (χ2n) is 9.11. The molecule has 0 spiro atoms. The van der Waals surface area contributed by atoms with Crippen molar-refractivity contribution in [2.45, 2.75) is 62.9 Å². The van der Waals surface area contributed by atoms with Crippen LogP contribution in [0.4, 0.5) is 4.39 Å². The molecule has 4 aliphatic rings. The van der Waals surface area contributed by atoms with Crippen LogP contribution in [0.25, 0.3) is 0 Å². The van der Waals surface area contributed by atoms with Gasteiger partial charge in [0.2, 0.25) is 0 Å². The maximum absolute atomic E-state index is 14.6. The Morgan fingerprint density at radius 3 is 2.73 bits per heavy atom. The number of aliphatic imine (C=N–C) groups is 2. The number of aliphatic hydroxyl groups is 1. The summed E-state index contributed by atoms with van der Waals surface area (Å²) >= 11 is 1.70. The molecular formula is C22H29FN2O4S. The van der Waals surface area contributed by atoms with Crippen LogP contribution in [0, 0.1) is 11.8 Å². The molecule has 2 unspecified atom stereocenters. The number of aliphatic hydroxyl groups excluding tert-OH is 1. The minimum absolute atomic E-state index is 0.152. The fourth-order valence-electron chi connectivity index (χ4n) is 4.37. The summed E-state index contributed by atoms with van der Waals surface area (Å²) in [4.78, 5) is 20.9. The summed E-state index contributed by atoms with van der Waals surface area (Å²) in [6.45, 7) is 5.16. The molecule has 8 heteroatoms. The minimum atomic E-state index is -1.05. The van der Waals surface area contributed by atoms with Crippen molar-refractivity contribution in [2.75, 3.05) is 19.0 Å². The average Bonchev–Trinajstić information content (AvgIpc) is 3.04. The van der Waals surface area contributed by atoms with E-state index in [4.69, 9.17) is 9.47 Å². The van der Waals surface area contributed by atoms with Gasteiger partial charge in [0, 0.05) is 23.3 Å². The van der Waals surface area contributed by atoms with Crippen LogP contribution in [0.5, 0.6) is 0 Å². The first-order valence-corrected chi connectivity index (χ1v) is 11.7. The van der Waals surface area contributed by atoms with E-state index in [0.717, 1.165) is 32.1 Å². The Morgan fingerprint density at radius 2 is 2.03 bits per heavy atom. The molecule has 0 aromatic rings. The van der Waals surface area contributed by atoms with E-state index in [9.17, 15) is 14.3 Å². The zero-order valence-corrected chi connectivity index (χ0v) is 18.3. The number of carbonyl (C=O) groups excluding carboxylic acids is 1. The first-order valence-electron chi connectivity index (χ1n) is 10.6. The molecule has 1 saturated heterocycles. The number of ether oxygens (including phenoxy) is 2. The highest BCUT2D eigenvalue weighted by Crippen LogP contribution is 2.33. The molecule has 30 heavy (non-hydrogen) atoms. The molecule has 2 fully saturated rings. The van der Waals surface area contributed by atoms with Crippen molar-refractivity contribution >= 4 is 29.2 Å². The molecule has 6 nitrogen and oxygen atoms in total. The lowest BCUT2D eigenvalue weighted by Gasteiger charge is -2.25. The van der Waals surface area contributed by atoms with Crippen LogP contribution >= 0.6 is 11.8 Å². The highest BCUT2D eigenvalue weighted by atomic mass is 32.2. The third-order valence-corrected chi connectivity index (χ3v) is 7.32. The van der Waals surface area contributed by atoms with E-state index >= 15 is 0 Å². The van der Waals surface area contributed by atoms with Gasteiger partial charge in [-0.3, -0.25) is 4.79 Å². The highest BCUT2D eigenvalue weighted by molar-refractivity contribution is 8.00. The Balaban J connectivity index is 1.37. The Hall–Kier alpha value is -1.51. The lowest BCUT2D eigenvalue weighted by molar-refractivity contribution is -0.119. The summed E-state index contributed by atoms with van der Waals surface area (Å²) in [5, 5.41) is 10.1. The third kappa shape index (κ3) is 5.21. The van der Waals surface area contributed by atoms with Gasteiger partial charge >= 0.3 is 0 Å². The van der Waals surface area contributed by atoms with Crippen molar-refractivity contribution in [1.82, 2.24) is 0 Å². The van der Waals surface area contributed by atoms with Gasteiger partial charge in [0.25, 0.3) is 5.91 Å². The topological polar surface area (TPSA) is 80.5 Å². The van der Waals surface area contributed by atoms with Gasteiger partial charge in [0.15, 0.2) is 0 Å². The molecule has 2 aliphatic carbocycles. The SMILES string of the molecule is CC1(C)CC(COC2=CC3=NC(CSC4CCC(O)CC4)=NC(=O)C3C(F)=C2)CO1. The van der Waals surface area contributed by atoms with Gasteiger partial charge in [-0.25, -0.2) is 9.38 Å².